The van der Waals surface area contributed by atoms with Crippen molar-refractivity contribution < 1.29 is 4.74 Å². The van der Waals surface area contributed by atoms with Crippen LogP contribution in [0.2, 0.25) is 5.15 Å². The van der Waals surface area contributed by atoms with Gasteiger partial charge in [0.2, 0.25) is 5.90 Å². The first-order valence-corrected chi connectivity index (χ1v) is 11.1. The lowest BCUT2D eigenvalue weighted by molar-refractivity contribution is 0.105. The number of halogens is 1. The first-order valence-electron chi connectivity index (χ1n) is 10.7. The number of anilines is 2. The summed E-state index contributed by atoms with van der Waals surface area (Å²) in [6.07, 6.45) is 9.47. The molecule has 0 unspecified atom stereocenters. The van der Waals surface area contributed by atoms with Crippen LogP contribution in [0.4, 0.5) is 11.6 Å². The minimum absolute atomic E-state index is 0.241. The molecule has 0 aliphatic carbocycles. The number of aliphatic imine (C=N–C) groups is 1. The number of ether oxygens (including phenoxy) is 1. The highest BCUT2D eigenvalue weighted by atomic mass is 35.5. The van der Waals surface area contributed by atoms with Gasteiger partial charge in [-0.2, -0.15) is 0 Å². The lowest BCUT2D eigenvalue weighted by atomic mass is 10.0. The van der Waals surface area contributed by atoms with Crippen LogP contribution in [0, 0.1) is 12.3 Å². The minimum Gasteiger partial charge on any atom is -0.421 e. The van der Waals surface area contributed by atoms with Crippen LogP contribution in [0.5, 0.6) is 0 Å². The first-order chi connectivity index (χ1) is 15.1. The van der Waals surface area contributed by atoms with Crippen molar-refractivity contribution in [1.82, 2.24) is 25.5 Å². The molecule has 4 heterocycles. The maximum absolute atomic E-state index is 6.55. The highest BCUT2D eigenvalue weighted by molar-refractivity contribution is 6.32. The van der Waals surface area contributed by atoms with Crippen molar-refractivity contribution in [1.29, 1.82) is 0 Å². The molecule has 0 bridgehead atoms. The molecular formula is C21H29ClN8O. The highest BCUT2D eigenvalue weighted by Crippen LogP contribution is 2.29. The van der Waals surface area contributed by atoms with Gasteiger partial charge >= 0.3 is 0 Å². The topological polar surface area (TPSA) is 104 Å². The Morgan fingerprint density at radius 1 is 1.35 bits per heavy atom. The maximum Gasteiger partial charge on any atom is 0.246 e. The van der Waals surface area contributed by atoms with E-state index in [2.05, 4.69) is 48.2 Å². The number of nitrogens with one attached hydrogen (secondary N) is 2. The third kappa shape index (κ3) is 4.87. The minimum atomic E-state index is 0.241. The van der Waals surface area contributed by atoms with Crippen LogP contribution >= 0.6 is 11.6 Å². The molecule has 1 aromatic heterocycles. The molecule has 0 aromatic carbocycles. The first kappa shape index (κ1) is 21.7. The van der Waals surface area contributed by atoms with Gasteiger partial charge in [-0.3, -0.25) is 4.90 Å². The summed E-state index contributed by atoms with van der Waals surface area (Å²) in [6.45, 7) is 7.85. The smallest absolute Gasteiger partial charge is 0.246 e. The van der Waals surface area contributed by atoms with Gasteiger partial charge in [0.05, 0.1) is 13.1 Å². The average molecular weight is 445 g/mol. The molecular weight excluding hydrogens is 416 g/mol. The Morgan fingerprint density at radius 3 is 2.90 bits per heavy atom. The standard InChI is InChI=1S/C21H29ClN8O/c1-3-7-25-16-6-10-26-21(31-16)17-19(23)28-20(18(22)27-17)29-11-12-30(14(2)13-29)15-4-8-24-9-5-15/h1,6,14-15,24-25H,4-5,7-13H2,2H3,(H2,23,28)/t14-/m0/s1. The van der Waals surface area contributed by atoms with E-state index >= 15 is 0 Å². The molecule has 9 nitrogen and oxygen atoms in total. The molecule has 0 amide bonds. The van der Waals surface area contributed by atoms with Gasteiger partial charge in [0.15, 0.2) is 28.4 Å². The van der Waals surface area contributed by atoms with E-state index in [4.69, 9.17) is 28.5 Å². The largest absolute Gasteiger partial charge is 0.421 e. The van der Waals surface area contributed by atoms with Crippen molar-refractivity contribution in [2.75, 3.05) is 56.4 Å². The average Bonchev–Trinajstić information content (AvgIpc) is 2.79. The fourth-order valence-electron chi connectivity index (χ4n) is 4.38. The Balaban J connectivity index is 1.46. The Hall–Kier alpha value is -2.54. The van der Waals surface area contributed by atoms with E-state index in [9.17, 15) is 0 Å². The van der Waals surface area contributed by atoms with E-state index < -0.39 is 0 Å². The van der Waals surface area contributed by atoms with Crippen LogP contribution in [-0.2, 0) is 4.74 Å². The number of piperazine rings is 1. The zero-order valence-corrected chi connectivity index (χ0v) is 18.5. The van der Waals surface area contributed by atoms with Gasteiger partial charge in [-0.25, -0.2) is 15.0 Å². The van der Waals surface area contributed by atoms with Crippen LogP contribution in [-0.4, -0.2) is 78.7 Å². The molecule has 3 aliphatic heterocycles. The highest BCUT2D eigenvalue weighted by Gasteiger charge is 2.32. The van der Waals surface area contributed by atoms with Gasteiger partial charge in [-0.15, -0.1) is 6.42 Å². The molecule has 2 fully saturated rings. The molecule has 2 saturated heterocycles. The molecule has 4 rings (SSSR count). The van der Waals surface area contributed by atoms with E-state index in [0.29, 0.717) is 47.7 Å². The van der Waals surface area contributed by atoms with Gasteiger partial charge in [0.1, 0.15) is 0 Å². The summed E-state index contributed by atoms with van der Waals surface area (Å²) in [7, 11) is 0. The van der Waals surface area contributed by atoms with E-state index in [0.717, 1.165) is 32.7 Å². The van der Waals surface area contributed by atoms with Crippen LogP contribution in [0.3, 0.4) is 0 Å². The number of aromatic nitrogens is 2. The quantitative estimate of drug-likeness (QED) is 0.573. The second kappa shape index (κ2) is 9.73. The number of nitrogen functional groups attached to an aromatic ring is 1. The Kier molecular flexibility index (Phi) is 6.80. The molecule has 0 saturated carbocycles. The zero-order chi connectivity index (χ0) is 21.8. The summed E-state index contributed by atoms with van der Waals surface area (Å²) in [4.78, 5) is 18.2. The van der Waals surface area contributed by atoms with Crippen molar-refractivity contribution in [2.24, 2.45) is 4.99 Å². The Morgan fingerprint density at radius 2 is 2.16 bits per heavy atom. The van der Waals surface area contributed by atoms with E-state index in [1.54, 1.807) is 6.08 Å². The van der Waals surface area contributed by atoms with Crippen LogP contribution in [0.25, 0.3) is 0 Å². The third-order valence-electron chi connectivity index (χ3n) is 5.91. The van der Waals surface area contributed by atoms with Crippen LogP contribution in [0.15, 0.2) is 17.0 Å². The molecule has 0 spiro atoms. The van der Waals surface area contributed by atoms with Crippen molar-refractivity contribution in [3.63, 3.8) is 0 Å². The van der Waals surface area contributed by atoms with E-state index in [1.165, 1.54) is 12.8 Å². The second-order valence-corrected chi connectivity index (χ2v) is 8.32. The SMILES string of the molecule is C#CCNC1=CCN=C(c2nc(Cl)c(N3CCN(C4CCNCC4)[C@@H](C)C3)nc2N)O1. The summed E-state index contributed by atoms with van der Waals surface area (Å²) < 4.78 is 5.73. The number of nitrogens with two attached hydrogens (primary N) is 1. The van der Waals surface area contributed by atoms with Crippen molar-refractivity contribution >= 4 is 29.1 Å². The molecule has 10 heteroatoms. The molecule has 3 aliphatic rings. The lowest BCUT2D eigenvalue weighted by Crippen LogP contribution is -2.57. The number of piperidine rings is 1. The molecule has 1 aromatic rings. The summed E-state index contributed by atoms with van der Waals surface area (Å²) in [5.74, 6) is 4.16. The van der Waals surface area contributed by atoms with Crippen LogP contribution in [0.1, 0.15) is 25.5 Å². The summed E-state index contributed by atoms with van der Waals surface area (Å²) >= 11 is 6.55. The zero-order valence-electron chi connectivity index (χ0n) is 17.8. The maximum atomic E-state index is 6.55. The molecule has 4 N–H and O–H groups in total. The van der Waals surface area contributed by atoms with E-state index in [1.807, 2.05) is 0 Å². The Bertz CT molecular complexity index is 905. The van der Waals surface area contributed by atoms with E-state index in [-0.39, 0.29) is 11.7 Å². The van der Waals surface area contributed by atoms with Gasteiger partial charge in [0, 0.05) is 31.7 Å². The number of hydrogen-bond donors (Lipinski definition) is 3. The van der Waals surface area contributed by atoms with Gasteiger partial charge in [0.25, 0.3) is 0 Å². The fraction of sp³-hybridized carbons (Fsp3) is 0.571. The van der Waals surface area contributed by atoms with Crippen molar-refractivity contribution in [3.8, 4) is 12.3 Å². The van der Waals surface area contributed by atoms with Crippen molar-refractivity contribution in [2.45, 2.75) is 31.8 Å². The van der Waals surface area contributed by atoms with Crippen LogP contribution < -0.4 is 21.3 Å². The third-order valence-corrected chi connectivity index (χ3v) is 6.16. The number of hydrogen-bond acceptors (Lipinski definition) is 9. The normalized spacial score (nSPS) is 22.9. The van der Waals surface area contributed by atoms with Gasteiger partial charge in [-0.1, -0.05) is 17.5 Å². The number of nitrogens with zero attached hydrogens (tertiary/aromatic N) is 5. The second-order valence-electron chi connectivity index (χ2n) is 7.96. The molecule has 166 valence electrons. The molecule has 0 radical (unpaired) electrons. The molecule has 1 atom stereocenters. The predicted octanol–water partition coefficient (Wildman–Crippen LogP) is 0.816. The van der Waals surface area contributed by atoms with Gasteiger partial charge in [-0.05, 0) is 38.9 Å². The summed E-state index contributed by atoms with van der Waals surface area (Å²) in [5, 5.41) is 6.72. The predicted molar refractivity (Wildman–Crippen MR) is 123 cm³/mol. The lowest BCUT2D eigenvalue weighted by Gasteiger charge is -2.45. The van der Waals surface area contributed by atoms with Gasteiger partial charge < -0.3 is 26.0 Å². The summed E-state index contributed by atoms with van der Waals surface area (Å²) in [6, 6.07) is 1.04. The Labute approximate surface area is 188 Å². The number of terminal acetylenes is 1. The summed E-state index contributed by atoms with van der Waals surface area (Å²) in [5.41, 5.74) is 6.58. The monoisotopic (exact) mass is 444 g/mol. The number of rotatable bonds is 5. The molecule has 31 heavy (non-hydrogen) atoms. The van der Waals surface area contributed by atoms with Crippen molar-refractivity contribution in [3.05, 3.63) is 22.8 Å². The fourth-order valence-corrected chi connectivity index (χ4v) is 4.63.